The molecule has 2 amide bonds. The second-order valence-corrected chi connectivity index (χ2v) is 11.3. The number of benzene rings is 2. The Morgan fingerprint density at radius 3 is 2.34 bits per heavy atom. The first-order valence-corrected chi connectivity index (χ1v) is 14.2. The van der Waals surface area contributed by atoms with Crippen molar-refractivity contribution >= 4 is 27.5 Å². The highest BCUT2D eigenvalue weighted by molar-refractivity contribution is 7.92. The average molecular weight is 500 g/mol. The van der Waals surface area contributed by atoms with Gasteiger partial charge < -0.3 is 10.2 Å². The molecule has 0 spiro atoms. The van der Waals surface area contributed by atoms with E-state index in [-0.39, 0.29) is 24.4 Å². The first-order valence-electron chi connectivity index (χ1n) is 12.4. The number of amides is 2. The number of anilines is 1. The van der Waals surface area contributed by atoms with Crippen LogP contribution in [0.4, 0.5) is 5.69 Å². The standard InChI is InChI=1S/C27H37N3O4S/c1-4-25(27(32)28-23-14-8-9-15-23)29(18-17-22-12-6-5-7-13-22)26(31)20-30(35(3,33)34)24-16-10-11-21(2)19-24/h5-7,10-13,16,19,23,25H,4,8-9,14-15,17-18,20H2,1-3H3,(H,28,32)/t25-/m0/s1. The molecule has 2 aromatic rings. The van der Waals surface area contributed by atoms with Crippen LogP contribution in [0.25, 0.3) is 0 Å². The molecule has 0 heterocycles. The van der Waals surface area contributed by atoms with Gasteiger partial charge in [0.1, 0.15) is 12.6 Å². The first kappa shape index (κ1) is 26.7. The molecule has 190 valence electrons. The molecule has 8 heteroatoms. The maximum absolute atomic E-state index is 13.7. The fourth-order valence-electron chi connectivity index (χ4n) is 4.66. The van der Waals surface area contributed by atoms with Gasteiger partial charge in [-0.05, 0) is 55.9 Å². The minimum absolute atomic E-state index is 0.141. The van der Waals surface area contributed by atoms with Crippen molar-refractivity contribution in [2.24, 2.45) is 0 Å². The molecule has 0 unspecified atom stereocenters. The maximum atomic E-state index is 13.7. The SMILES string of the molecule is CC[C@@H](C(=O)NC1CCCC1)N(CCc1ccccc1)C(=O)CN(c1cccc(C)c1)S(C)(=O)=O. The second-order valence-electron chi connectivity index (χ2n) is 9.35. The minimum Gasteiger partial charge on any atom is -0.352 e. The second kappa shape index (κ2) is 12.2. The van der Waals surface area contributed by atoms with Gasteiger partial charge in [0.05, 0.1) is 11.9 Å². The highest BCUT2D eigenvalue weighted by Gasteiger charge is 2.32. The summed E-state index contributed by atoms with van der Waals surface area (Å²) in [4.78, 5) is 28.5. The van der Waals surface area contributed by atoms with Crippen molar-refractivity contribution in [2.45, 2.75) is 64.5 Å². The third kappa shape index (κ3) is 7.56. The van der Waals surface area contributed by atoms with Gasteiger partial charge in [0.15, 0.2) is 0 Å². The van der Waals surface area contributed by atoms with Gasteiger partial charge >= 0.3 is 0 Å². The molecule has 0 bridgehead atoms. The smallest absolute Gasteiger partial charge is 0.244 e. The number of nitrogens with zero attached hydrogens (tertiary/aromatic N) is 2. The van der Waals surface area contributed by atoms with E-state index in [1.165, 1.54) is 0 Å². The largest absolute Gasteiger partial charge is 0.352 e. The Bertz CT molecular complexity index is 1100. The Hall–Kier alpha value is -2.87. The zero-order chi connectivity index (χ0) is 25.4. The molecule has 0 saturated heterocycles. The number of sulfonamides is 1. The maximum Gasteiger partial charge on any atom is 0.244 e. The van der Waals surface area contributed by atoms with Crippen LogP contribution >= 0.6 is 0 Å². The van der Waals surface area contributed by atoms with Crippen LogP contribution < -0.4 is 9.62 Å². The van der Waals surface area contributed by atoms with Gasteiger partial charge in [0, 0.05) is 12.6 Å². The predicted molar refractivity (Wildman–Crippen MR) is 140 cm³/mol. The van der Waals surface area contributed by atoms with E-state index >= 15 is 0 Å². The summed E-state index contributed by atoms with van der Waals surface area (Å²) in [6, 6.07) is 16.3. The van der Waals surface area contributed by atoms with Crippen molar-refractivity contribution in [1.29, 1.82) is 0 Å². The number of carbonyl (C=O) groups is 2. The fraction of sp³-hybridized carbons (Fsp3) is 0.481. The molecule has 35 heavy (non-hydrogen) atoms. The normalized spacial score (nSPS) is 14.9. The van der Waals surface area contributed by atoms with Crippen LogP contribution in [0, 0.1) is 6.92 Å². The number of rotatable bonds is 11. The lowest BCUT2D eigenvalue weighted by Gasteiger charge is -2.33. The van der Waals surface area contributed by atoms with E-state index in [1.54, 1.807) is 23.1 Å². The molecule has 3 rings (SSSR count). The van der Waals surface area contributed by atoms with Crippen LogP contribution in [-0.2, 0) is 26.0 Å². The molecule has 1 atom stereocenters. The summed E-state index contributed by atoms with van der Waals surface area (Å²) in [6.07, 6.45) is 6.22. The van der Waals surface area contributed by atoms with Crippen LogP contribution in [0.15, 0.2) is 54.6 Å². The Kier molecular flexibility index (Phi) is 9.32. The Labute approximate surface area is 209 Å². The number of aryl methyl sites for hydroxylation is 1. The molecule has 2 aromatic carbocycles. The molecule has 1 aliphatic carbocycles. The van der Waals surface area contributed by atoms with Gasteiger partial charge in [-0.25, -0.2) is 8.42 Å². The van der Waals surface area contributed by atoms with Crippen LogP contribution in [0.2, 0.25) is 0 Å². The summed E-state index contributed by atoms with van der Waals surface area (Å²) in [7, 11) is -3.72. The van der Waals surface area contributed by atoms with Gasteiger partial charge in [-0.2, -0.15) is 0 Å². The zero-order valence-electron chi connectivity index (χ0n) is 20.9. The van der Waals surface area contributed by atoms with E-state index in [9.17, 15) is 18.0 Å². The fourth-order valence-corrected chi connectivity index (χ4v) is 5.50. The van der Waals surface area contributed by atoms with Gasteiger partial charge in [-0.3, -0.25) is 13.9 Å². The topological polar surface area (TPSA) is 86.8 Å². The lowest BCUT2D eigenvalue weighted by atomic mass is 10.1. The molecule has 7 nitrogen and oxygen atoms in total. The highest BCUT2D eigenvalue weighted by atomic mass is 32.2. The molecule has 1 aliphatic rings. The molecule has 0 aromatic heterocycles. The summed E-state index contributed by atoms with van der Waals surface area (Å²) in [5.41, 5.74) is 2.38. The first-order chi connectivity index (χ1) is 16.7. The van der Waals surface area contributed by atoms with Crippen LogP contribution in [0.5, 0.6) is 0 Å². The van der Waals surface area contributed by atoms with Crippen molar-refractivity contribution < 1.29 is 18.0 Å². The monoisotopic (exact) mass is 499 g/mol. The number of carbonyl (C=O) groups excluding carboxylic acids is 2. The average Bonchev–Trinajstić information content (AvgIpc) is 3.32. The van der Waals surface area contributed by atoms with Gasteiger partial charge in [-0.1, -0.05) is 62.2 Å². The summed E-state index contributed by atoms with van der Waals surface area (Å²) in [6.45, 7) is 3.73. The van der Waals surface area contributed by atoms with E-state index < -0.39 is 16.1 Å². The van der Waals surface area contributed by atoms with E-state index in [4.69, 9.17) is 0 Å². The summed E-state index contributed by atoms with van der Waals surface area (Å²) >= 11 is 0. The number of hydrogen-bond donors (Lipinski definition) is 1. The molecular weight excluding hydrogens is 462 g/mol. The summed E-state index contributed by atoms with van der Waals surface area (Å²) in [5.74, 6) is -0.552. The van der Waals surface area contributed by atoms with Crippen LogP contribution in [0.3, 0.4) is 0 Å². The lowest BCUT2D eigenvalue weighted by Crippen LogP contribution is -2.54. The summed E-state index contributed by atoms with van der Waals surface area (Å²) < 4.78 is 26.4. The van der Waals surface area contributed by atoms with Crippen molar-refractivity contribution in [2.75, 3.05) is 23.7 Å². The van der Waals surface area contributed by atoms with Gasteiger partial charge in [-0.15, -0.1) is 0 Å². The molecular formula is C27H37N3O4S. The van der Waals surface area contributed by atoms with E-state index in [1.807, 2.05) is 50.2 Å². The quantitative estimate of drug-likeness (QED) is 0.511. The molecule has 1 saturated carbocycles. The van der Waals surface area contributed by atoms with E-state index in [2.05, 4.69) is 5.32 Å². The van der Waals surface area contributed by atoms with Crippen molar-refractivity contribution in [3.05, 3.63) is 65.7 Å². The lowest BCUT2D eigenvalue weighted by molar-refractivity contribution is -0.139. The number of hydrogen-bond acceptors (Lipinski definition) is 4. The highest BCUT2D eigenvalue weighted by Crippen LogP contribution is 2.21. The van der Waals surface area contributed by atoms with Gasteiger partial charge in [0.25, 0.3) is 0 Å². The van der Waals surface area contributed by atoms with Crippen LogP contribution in [-0.4, -0.2) is 56.6 Å². The molecule has 1 fully saturated rings. The van der Waals surface area contributed by atoms with E-state index in [0.717, 1.165) is 47.4 Å². The van der Waals surface area contributed by atoms with Crippen molar-refractivity contribution in [1.82, 2.24) is 10.2 Å². The van der Waals surface area contributed by atoms with Crippen molar-refractivity contribution in [3.63, 3.8) is 0 Å². The Morgan fingerprint density at radius 2 is 1.74 bits per heavy atom. The molecule has 0 radical (unpaired) electrons. The van der Waals surface area contributed by atoms with Crippen molar-refractivity contribution in [3.8, 4) is 0 Å². The number of nitrogens with one attached hydrogen (secondary N) is 1. The third-order valence-corrected chi connectivity index (χ3v) is 7.68. The molecule has 1 N–H and O–H groups in total. The van der Waals surface area contributed by atoms with Crippen LogP contribution in [0.1, 0.15) is 50.2 Å². The molecule has 0 aliphatic heterocycles. The minimum atomic E-state index is -3.72. The van der Waals surface area contributed by atoms with E-state index in [0.29, 0.717) is 25.1 Å². The zero-order valence-corrected chi connectivity index (χ0v) is 21.8. The third-order valence-electron chi connectivity index (χ3n) is 6.54. The Morgan fingerprint density at radius 1 is 1.06 bits per heavy atom. The summed E-state index contributed by atoms with van der Waals surface area (Å²) in [5, 5.41) is 3.12. The Balaban J connectivity index is 1.86. The van der Waals surface area contributed by atoms with Gasteiger partial charge in [0.2, 0.25) is 21.8 Å². The predicted octanol–water partition coefficient (Wildman–Crippen LogP) is 3.67.